The number of benzene rings is 1. The molecule has 0 atom stereocenters. The predicted molar refractivity (Wildman–Crippen MR) is 75.7 cm³/mol. The molecule has 2 rings (SSSR count). The summed E-state index contributed by atoms with van der Waals surface area (Å²) in [5.74, 6) is -1.17. The molecule has 8 heteroatoms. The number of hydrogen-bond donors (Lipinski definition) is 2. The average Bonchev–Trinajstić information content (AvgIpc) is 2.90. The Kier molecular flexibility index (Phi) is 4.05. The van der Waals surface area contributed by atoms with Crippen LogP contribution in [0.15, 0.2) is 34.7 Å². The van der Waals surface area contributed by atoms with Gasteiger partial charge in [-0.3, -0.25) is 4.72 Å². The van der Waals surface area contributed by atoms with Crippen LogP contribution in [-0.2, 0) is 16.4 Å². The van der Waals surface area contributed by atoms with E-state index in [1.54, 1.807) is 12.3 Å². The fourth-order valence-electron chi connectivity index (χ4n) is 1.67. The maximum absolute atomic E-state index is 12.3. The van der Waals surface area contributed by atoms with Crippen molar-refractivity contribution in [3.63, 3.8) is 0 Å². The number of rotatable bonds is 5. The molecule has 1 heterocycles. The van der Waals surface area contributed by atoms with Crippen molar-refractivity contribution in [1.82, 2.24) is 4.98 Å². The minimum atomic E-state index is -3.85. The molecule has 0 spiro atoms. The second-order valence-corrected chi connectivity index (χ2v) is 6.47. The summed E-state index contributed by atoms with van der Waals surface area (Å²) < 4.78 is 27.0. The molecule has 0 aliphatic carbocycles. The molecule has 106 valence electrons. The van der Waals surface area contributed by atoms with E-state index in [9.17, 15) is 13.2 Å². The number of nitrogens with one attached hydrogen (secondary N) is 1. The second-order valence-electron chi connectivity index (χ2n) is 3.92. The Morgan fingerprint density at radius 3 is 2.75 bits per heavy atom. The summed E-state index contributed by atoms with van der Waals surface area (Å²) in [6.45, 7) is 1.80. The number of sulfonamides is 1. The van der Waals surface area contributed by atoms with Gasteiger partial charge in [0.2, 0.25) is 0 Å². The molecule has 0 radical (unpaired) electrons. The van der Waals surface area contributed by atoms with Crippen LogP contribution in [0, 0.1) is 0 Å². The van der Waals surface area contributed by atoms with Gasteiger partial charge in [-0.25, -0.2) is 18.2 Å². The highest BCUT2D eigenvalue weighted by Gasteiger charge is 2.21. The summed E-state index contributed by atoms with van der Waals surface area (Å²) in [5.41, 5.74) is 0.487. The van der Waals surface area contributed by atoms with E-state index in [0.717, 1.165) is 17.4 Å². The third-order valence-electron chi connectivity index (χ3n) is 2.64. The van der Waals surface area contributed by atoms with Gasteiger partial charge in [0.15, 0.2) is 5.13 Å². The first-order chi connectivity index (χ1) is 9.44. The summed E-state index contributed by atoms with van der Waals surface area (Å²) in [6, 6.07) is 4.07. The number of aryl methyl sites for hydroxylation is 1. The molecule has 0 amide bonds. The van der Waals surface area contributed by atoms with E-state index < -0.39 is 16.0 Å². The number of thiazole rings is 1. The number of carbonyl (C=O) groups is 1. The van der Waals surface area contributed by atoms with E-state index in [2.05, 4.69) is 9.71 Å². The van der Waals surface area contributed by atoms with E-state index in [1.807, 2.05) is 0 Å². The summed E-state index contributed by atoms with van der Waals surface area (Å²) in [7, 11) is -3.85. The molecule has 0 bridgehead atoms. The van der Waals surface area contributed by atoms with Gasteiger partial charge in [-0.2, -0.15) is 0 Å². The molecule has 0 fully saturated rings. The van der Waals surface area contributed by atoms with Crippen molar-refractivity contribution in [3.8, 4) is 0 Å². The van der Waals surface area contributed by atoms with Gasteiger partial charge in [0.05, 0.1) is 10.5 Å². The van der Waals surface area contributed by atoms with E-state index in [-0.39, 0.29) is 15.6 Å². The third-order valence-corrected chi connectivity index (χ3v) is 4.88. The molecule has 0 saturated heterocycles. The summed E-state index contributed by atoms with van der Waals surface area (Å²) >= 11 is 1.15. The van der Waals surface area contributed by atoms with Crippen LogP contribution in [0.25, 0.3) is 0 Å². The molecular formula is C12H12N2O4S2. The Morgan fingerprint density at radius 2 is 2.20 bits per heavy atom. The molecule has 2 N–H and O–H groups in total. The quantitative estimate of drug-likeness (QED) is 0.882. The van der Waals surface area contributed by atoms with Crippen molar-refractivity contribution in [2.75, 3.05) is 4.72 Å². The topological polar surface area (TPSA) is 96.4 Å². The molecule has 0 saturated carbocycles. The highest BCUT2D eigenvalue weighted by atomic mass is 32.2. The van der Waals surface area contributed by atoms with Crippen molar-refractivity contribution in [2.45, 2.75) is 18.2 Å². The summed E-state index contributed by atoms with van der Waals surface area (Å²) in [4.78, 5) is 14.8. The zero-order valence-electron chi connectivity index (χ0n) is 10.5. The molecule has 1 aromatic carbocycles. The van der Waals surface area contributed by atoms with Gasteiger partial charge in [0.25, 0.3) is 10.0 Å². The molecule has 6 nitrogen and oxygen atoms in total. The maximum atomic E-state index is 12.3. The van der Waals surface area contributed by atoms with Crippen LogP contribution in [0.4, 0.5) is 5.13 Å². The monoisotopic (exact) mass is 312 g/mol. The second kappa shape index (κ2) is 5.59. The highest BCUT2D eigenvalue weighted by molar-refractivity contribution is 7.93. The Morgan fingerprint density at radius 1 is 1.45 bits per heavy atom. The van der Waals surface area contributed by atoms with Gasteiger partial charge in [-0.05, 0) is 24.1 Å². The van der Waals surface area contributed by atoms with Gasteiger partial charge in [-0.15, -0.1) is 11.3 Å². The number of carboxylic acids is 1. The number of carboxylic acid groups (broad SMARTS) is 1. The van der Waals surface area contributed by atoms with Gasteiger partial charge >= 0.3 is 5.97 Å². The molecule has 1 aromatic heterocycles. The lowest BCUT2D eigenvalue weighted by Crippen LogP contribution is -2.15. The maximum Gasteiger partial charge on any atom is 0.335 e. The van der Waals surface area contributed by atoms with E-state index in [0.29, 0.717) is 12.0 Å². The van der Waals surface area contributed by atoms with Gasteiger partial charge < -0.3 is 5.11 Å². The lowest BCUT2D eigenvalue weighted by molar-refractivity contribution is 0.0696. The van der Waals surface area contributed by atoms with Gasteiger partial charge in [0, 0.05) is 11.6 Å². The van der Waals surface area contributed by atoms with E-state index >= 15 is 0 Å². The standard InChI is InChI=1S/C12H12N2O4S2/c1-2-8-3-4-9(11(15)16)7-10(8)20(17,18)14-12-13-5-6-19-12/h3-7H,2H2,1H3,(H,13,14)(H,15,16). The fraction of sp³-hybridized carbons (Fsp3) is 0.167. The molecule has 2 aromatic rings. The normalized spacial score (nSPS) is 11.2. The summed E-state index contributed by atoms with van der Waals surface area (Å²) in [5, 5.41) is 10.9. The number of aromatic carboxylic acids is 1. The predicted octanol–water partition coefficient (Wildman–Crippen LogP) is 2.20. The van der Waals surface area contributed by atoms with Gasteiger partial charge in [0.1, 0.15) is 0 Å². The summed E-state index contributed by atoms with van der Waals surface area (Å²) in [6.07, 6.45) is 1.96. The van der Waals surface area contributed by atoms with Crippen molar-refractivity contribution < 1.29 is 18.3 Å². The molecule has 0 unspecified atom stereocenters. The number of anilines is 1. The highest BCUT2D eigenvalue weighted by Crippen LogP contribution is 2.22. The molecular weight excluding hydrogens is 300 g/mol. The average molecular weight is 312 g/mol. The first kappa shape index (κ1) is 14.5. The number of aromatic nitrogens is 1. The van der Waals surface area contributed by atoms with Crippen LogP contribution in [0.2, 0.25) is 0 Å². The number of hydrogen-bond acceptors (Lipinski definition) is 5. The minimum Gasteiger partial charge on any atom is -0.478 e. The lowest BCUT2D eigenvalue weighted by Gasteiger charge is -2.10. The van der Waals surface area contributed by atoms with Crippen LogP contribution < -0.4 is 4.72 Å². The molecule has 0 aliphatic rings. The van der Waals surface area contributed by atoms with Crippen LogP contribution in [-0.4, -0.2) is 24.5 Å². The van der Waals surface area contributed by atoms with Gasteiger partial charge in [-0.1, -0.05) is 13.0 Å². The van der Waals surface area contributed by atoms with E-state index in [1.165, 1.54) is 18.3 Å². The van der Waals surface area contributed by atoms with Crippen molar-refractivity contribution in [2.24, 2.45) is 0 Å². The Bertz CT molecular complexity index is 724. The SMILES string of the molecule is CCc1ccc(C(=O)O)cc1S(=O)(=O)Nc1nccs1. The smallest absolute Gasteiger partial charge is 0.335 e. The third kappa shape index (κ3) is 2.97. The van der Waals surface area contributed by atoms with Crippen molar-refractivity contribution >= 4 is 32.5 Å². The number of nitrogens with zero attached hydrogens (tertiary/aromatic N) is 1. The Hall–Kier alpha value is -1.93. The van der Waals surface area contributed by atoms with Crippen LogP contribution >= 0.6 is 11.3 Å². The zero-order chi connectivity index (χ0) is 14.8. The molecule has 0 aliphatic heterocycles. The largest absolute Gasteiger partial charge is 0.478 e. The Balaban J connectivity index is 2.48. The zero-order valence-corrected chi connectivity index (χ0v) is 12.2. The van der Waals surface area contributed by atoms with Crippen molar-refractivity contribution in [3.05, 3.63) is 40.9 Å². The minimum absolute atomic E-state index is 0.0323. The van der Waals surface area contributed by atoms with Crippen LogP contribution in [0.1, 0.15) is 22.8 Å². The first-order valence-corrected chi connectivity index (χ1v) is 8.09. The van der Waals surface area contributed by atoms with Crippen LogP contribution in [0.5, 0.6) is 0 Å². The first-order valence-electron chi connectivity index (χ1n) is 5.72. The molecule has 20 heavy (non-hydrogen) atoms. The van der Waals surface area contributed by atoms with Crippen molar-refractivity contribution in [1.29, 1.82) is 0 Å². The Labute approximate surface area is 120 Å². The fourth-order valence-corrected chi connectivity index (χ4v) is 3.80. The van der Waals surface area contributed by atoms with E-state index in [4.69, 9.17) is 5.11 Å². The van der Waals surface area contributed by atoms with Crippen LogP contribution in [0.3, 0.4) is 0 Å². The lowest BCUT2D eigenvalue weighted by atomic mass is 10.1.